The molecule has 0 aliphatic heterocycles. The van der Waals surface area contributed by atoms with Crippen LogP contribution in [0.2, 0.25) is 0 Å². The van der Waals surface area contributed by atoms with Crippen molar-refractivity contribution in [1.82, 2.24) is 15.1 Å². The zero-order valence-electron chi connectivity index (χ0n) is 12.7. The summed E-state index contributed by atoms with van der Waals surface area (Å²) in [7, 11) is 0. The van der Waals surface area contributed by atoms with Crippen LogP contribution in [0.25, 0.3) is 0 Å². The van der Waals surface area contributed by atoms with E-state index in [0.717, 1.165) is 41.8 Å². The van der Waals surface area contributed by atoms with Crippen molar-refractivity contribution in [1.29, 1.82) is 0 Å². The predicted octanol–water partition coefficient (Wildman–Crippen LogP) is 3.75. The van der Waals surface area contributed by atoms with Crippen LogP contribution < -0.4 is 5.32 Å². The van der Waals surface area contributed by atoms with Gasteiger partial charge in [0, 0.05) is 13.1 Å². The summed E-state index contributed by atoms with van der Waals surface area (Å²) in [6.07, 6.45) is 0.892. The standard InChI is InChI=1S/C16H21BrFN3/c1-4-21-15(16(17)12(3)20-21)10-19-8-7-13-5-6-14(18)9-11(13)2/h5-6,9,19H,4,7-8,10H2,1-3H3. The van der Waals surface area contributed by atoms with Crippen molar-refractivity contribution >= 4 is 15.9 Å². The molecule has 0 amide bonds. The number of hydrogen-bond donors (Lipinski definition) is 1. The van der Waals surface area contributed by atoms with Gasteiger partial charge < -0.3 is 5.32 Å². The van der Waals surface area contributed by atoms with Crippen molar-refractivity contribution in [3.63, 3.8) is 0 Å². The third kappa shape index (κ3) is 3.92. The molecule has 0 aliphatic rings. The summed E-state index contributed by atoms with van der Waals surface area (Å²) in [5.41, 5.74) is 4.38. The molecular formula is C16H21BrFN3. The van der Waals surface area contributed by atoms with Gasteiger partial charge >= 0.3 is 0 Å². The highest BCUT2D eigenvalue weighted by Crippen LogP contribution is 2.20. The summed E-state index contributed by atoms with van der Waals surface area (Å²) in [6, 6.07) is 4.97. The van der Waals surface area contributed by atoms with Gasteiger partial charge in [-0.3, -0.25) is 4.68 Å². The van der Waals surface area contributed by atoms with E-state index in [1.165, 1.54) is 17.3 Å². The van der Waals surface area contributed by atoms with E-state index in [-0.39, 0.29) is 5.82 Å². The van der Waals surface area contributed by atoms with Crippen molar-refractivity contribution in [3.8, 4) is 0 Å². The van der Waals surface area contributed by atoms with Crippen LogP contribution in [0.3, 0.4) is 0 Å². The van der Waals surface area contributed by atoms with Gasteiger partial charge in [-0.15, -0.1) is 0 Å². The minimum absolute atomic E-state index is 0.171. The first-order chi connectivity index (χ1) is 10.0. The summed E-state index contributed by atoms with van der Waals surface area (Å²) >= 11 is 3.59. The van der Waals surface area contributed by atoms with Crippen LogP contribution in [-0.2, 0) is 19.5 Å². The summed E-state index contributed by atoms with van der Waals surface area (Å²) in [4.78, 5) is 0. The molecule has 0 saturated carbocycles. The lowest BCUT2D eigenvalue weighted by Crippen LogP contribution is -2.19. The van der Waals surface area contributed by atoms with E-state index in [1.54, 1.807) is 6.07 Å². The molecule has 0 bridgehead atoms. The van der Waals surface area contributed by atoms with Crippen LogP contribution in [0.1, 0.15) is 29.4 Å². The number of halogens is 2. The Bertz CT molecular complexity index is 622. The molecule has 1 aromatic heterocycles. The van der Waals surface area contributed by atoms with Crippen LogP contribution in [0, 0.1) is 19.7 Å². The maximum Gasteiger partial charge on any atom is 0.123 e. The number of benzene rings is 1. The number of aryl methyl sites for hydroxylation is 3. The molecule has 114 valence electrons. The highest BCUT2D eigenvalue weighted by atomic mass is 79.9. The topological polar surface area (TPSA) is 29.9 Å². The molecule has 0 atom stereocenters. The van der Waals surface area contributed by atoms with Crippen LogP contribution in [0.15, 0.2) is 22.7 Å². The SMILES string of the molecule is CCn1nc(C)c(Br)c1CNCCc1ccc(F)cc1C. The smallest absolute Gasteiger partial charge is 0.123 e. The largest absolute Gasteiger partial charge is 0.311 e. The van der Waals surface area contributed by atoms with Gasteiger partial charge in [-0.1, -0.05) is 6.07 Å². The maximum atomic E-state index is 13.1. The van der Waals surface area contributed by atoms with E-state index in [9.17, 15) is 4.39 Å². The van der Waals surface area contributed by atoms with Gasteiger partial charge in [0.15, 0.2) is 0 Å². The van der Waals surface area contributed by atoms with Crippen molar-refractivity contribution in [3.05, 3.63) is 51.0 Å². The fourth-order valence-electron chi connectivity index (χ4n) is 2.41. The monoisotopic (exact) mass is 353 g/mol. The zero-order valence-corrected chi connectivity index (χ0v) is 14.3. The van der Waals surface area contributed by atoms with Gasteiger partial charge in [0.25, 0.3) is 0 Å². The first-order valence-corrected chi connectivity index (χ1v) is 7.99. The van der Waals surface area contributed by atoms with E-state index >= 15 is 0 Å². The Kier molecular flexibility index (Phi) is 5.53. The molecule has 5 heteroatoms. The summed E-state index contributed by atoms with van der Waals surface area (Å²) < 4.78 is 16.1. The lowest BCUT2D eigenvalue weighted by Gasteiger charge is -2.09. The average Bonchev–Trinajstić information content (AvgIpc) is 2.72. The number of aromatic nitrogens is 2. The lowest BCUT2D eigenvalue weighted by molar-refractivity contribution is 0.578. The van der Waals surface area contributed by atoms with Gasteiger partial charge in [-0.05, 0) is 72.9 Å². The van der Waals surface area contributed by atoms with Gasteiger partial charge in [0.05, 0.1) is 15.9 Å². The fourth-order valence-corrected chi connectivity index (χ4v) is 2.83. The molecule has 0 saturated heterocycles. The summed E-state index contributed by atoms with van der Waals surface area (Å²) in [5.74, 6) is -0.171. The van der Waals surface area contributed by atoms with Crippen molar-refractivity contribution in [2.75, 3.05) is 6.54 Å². The Labute approximate surface area is 133 Å². The van der Waals surface area contributed by atoms with E-state index < -0.39 is 0 Å². The first-order valence-electron chi connectivity index (χ1n) is 7.20. The van der Waals surface area contributed by atoms with Gasteiger partial charge in [-0.2, -0.15) is 5.10 Å². The predicted molar refractivity (Wildman–Crippen MR) is 86.9 cm³/mol. The number of rotatable bonds is 6. The van der Waals surface area contributed by atoms with E-state index in [4.69, 9.17) is 0 Å². The minimum Gasteiger partial charge on any atom is -0.311 e. The third-order valence-corrected chi connectivity index (χ3v) is 4.65. The Morgan fingerprint density at radius 3 is 2.76 bits per heavy atom. The van der Waals surface area contributed by atoms with Crippen LogP contribution in [0.5, 0.6) is 0 Å². The molecule has 0 unspecified atom stereocenters. The minimum atomic E-state index is -0.171. The number of nitrogens with one attached hydrogen (secondary N) is 1. The summed E-state index contributed by atoms with van der Waals surface area (Å²) in [6.45, 7) is 8.53. The van der Waals surface area contributed by atoms with E-state index in [0.29, 0.717) is 0 Å². The fraction of sp³-hybridized carbons (Fsp3) is 0.438. The third-order valence-electron chi connectivity index (χ3n) is 3.62. The zero-order chi connectivity index (χ0) is 15.4. The quantitative estimate of drug-likeness (QED) is 0.801. The number of nitrogens with zero attached hydrogens (tertiary/aromatic N) is 2. The van der Waals surface area contributed by atoms with Crippen LogP contribution >= 0.6 is 15.9 Å². The Morgan fingerprint density at radius 2 is 2.10 bits per heavy atom. The van der Waals surface area contributed by atoms with Gasteiger partial charge in [-0.25, -0.2) is 4.39 Å². The highest BCUT2D eigenvalue weighted by molar-refractivity contribution is 9.10. The van der Waals surface area contributed by atoms with Gasteiger partial charge in [0.2, 0.25) is 0 Å². The first kappa shape index (κ1) is 16.2. The average molecular weight is 354 g/mol. The Morgan fingerprint density at radius 1 is 1.33 bits per heavy atom. The molecule has 0 fully saturated rings. The molecule has 3 nitrogen and oxygen atoms in total. The normalized spacial score (nSPS) is 11.1. The Balaban J connectivity index is 1.90. The second kappa shape index (κ2) is 7.18. The van der Waals surface area contributed by atoms with Crippen molar-refractivity contribution < 1.29 is 4.39 Å². The molecule has 0 radical (unpaired) electrons. The van der Waals surface area contributed by atoms with Crippen molar-refractivity contribution in [2.45, 2.75) is 40.3 Å². The number of hydrogen-bond acceptors (Lipinski definition) is 2. The van der Waals surface area contributed by atoms with E-state index in [2.05, 4.69) is 33.3 Å². The molecule has 2 rings (SSSR count). The lowest BCUT2D eigenvalue weighted by atomic mass is 10.1. The van der Waals surface area contributed by atoms with Gasteiger partial charge in [0.1, 0.15) is 5.82 Å². The molecule has 0 aliphatic carbocycles. The summed E-state index contributed by atoms with van der Waals surface area (Å²) in [5, 5.41) is 7.91. The second-order valence-electron chi connectivity index (χ2n) is 5.16. The second-order valence-corrected chi connectivity index (χ2v) is 5.95. The molecular weight excluding hydrogens is 333 g/mol. The Hall–Kier alpha value is -1.20. The van der Waals surface area contributed by atoms with Crippen molar-refractivity contribution in [2.24, 2.45) is 0 Å². The maximum absolute atomic E-state index is 13.1. The van der Waals surface area contributed by atoms with Crippen LogP contribution in [0.4, 0.5) is 4.39 Å². The molecule has 1 N–H and O–H groups in total. The van der Waals surface area contributed by atoms with Crippen LogP contribution in [-0.4, -0.2) is 16.3 Å². The molecule has 2 aromatic rings. The van der Waals surface area contributed by atoms with E-state index in [1.807, 2.05) is 24.6 Å². The molecule has 21 heavy (non-hydrogen) atoms. The highest BCUT2D eigenvalue weighted by Gasteiger charge is 2.11. The molecule has 0 spiro atoms. The molecule has 1 heterocycles. The molecule has 1 aromatic carbocycles.